The van der Waals surface area contributed by atoms with Gasteiger partial charge in [0.1, 0.15) is 5.15 Å². The number of Topliss-reactive ketones (excluding diaryl/α,β-unsaturated/α-hetero) is 1. The lowest BCUT2D eigenvalue weighted by Crippen LogP contribution is -2.15. The Morgan fingerprint density at radius 1 is 1.17 bits per heavy atom. The Hall–Kier alpha value is -2.73. The molecular formula is C16H13ClN2O4. The minimum Gasteiger partial charge on any atom is -0.454 e. The fourth-order valence-electron chi connectivity index (χ4n) is 1.77. The second-order valence-electron chi connectivity index (χ2n) is 4.60. The summed E-state index contributed by atoms with van der Waals surface area (Å²) in [6.45, 7) is 0.978. The van der Waals surface area contributed by atoms with E-state index in [1.54, 1.807) is 30.3 Å². The van der Waals surface area contributed by atoms with Gasteiger partial charge in [0.2, 0.25) is 5.91 Å². The zero-order valence-corrected chi connectivity index (χ0v) is 13.0. The molecule has 0 bridgehead atoms. The Labute approximate surface area is 137 Å². The predicted octanol–water partition coefficient (Wildman–Crippen LogP) is 2.73. The number of carbonyl (C=O) groups excluding carboxylic acids is 3. The number of ether oxygens (including phenoxy) is 1. The van der Waals surface area contributed by atoms with E-state index in [-0.39, 0.29) is 22.4 Å². The minimum absolute atomic E-state index is 0.0182. The van der Waals surface area contributed by atoms with Gasteiger partial charge in [-0.05, 0) is 36.4 Å². The van der Waals surface area contributed by atoms with Gasteiger partial charge in [0, 0.05) is 24.4 Å². The molecule has 23 heavy (non-hydrogen) atoms. The summed E-state index contributed by atoms with van der Waals surface area (Å²) in [6, 6.07) is 9.27. The molecule has 6 nitrogen and oxygen atoms in total. The molecule has 0 saturated heterocycles. The number of hydrogen-bond donors (Lipinski definition) is 1. The number of benzene rings is 1. The van der Waals surface area contributed by atoms with Crippen molar-refractivity contribution in [3.63, 3.8) is 0 Å². The molecule has 1 aromatic carbocycles. The largest absolute Gasteiger partial charge is 0.454 e. The number of hydrogen-bond acceptors (Lipinski definition) is 5. The first-order chi connectivity index (χ1) is 11.0. The average molecular weight is 333 g/mol. The van der Waals surface area contributed by atoms with Gasteiger partial charge in [-0.15, -0.1) is 0 Å². The van der Waals surface area contributed by atoms with Crippen LogP contribution in [-0.4, -0.2) is 29.3 Å². The van der Waals surface area contributed by atoms with Crippen LogP contribution in [0.1, 0.15) is 27.6 Å². The molecule has 0 radical (unpaired) electrons. The SMILES string of the molecule is CC(=O)Nc1ccc(C(=O)COC(=O)c2cccnc2Cl)cc1. The highest BCUT2D eigenvalue weighted by molar-refractivity contribution is 6.32. The Kier molecular flexibility index (Phi) is 5.43. The molecule has 0 fully saturated rings. The summed E-state index contributed by atoms with van der Waals surface area (Å²) in [5.74, 6) is -1.29. The van der Waals surface area contributed by atoms with Crippen LogP contribution >= 0.6 is 11.6 Å². The second-order valence-corrected chi connectivity index (χ2v) is 4.96. The molecule has 1 N–H and O–H groups in total. The summed E-state index contributed by atoms with van der Waals surface area (Å²) < 4.78 is 4.94. The zero-order chi connectivity index (χ0) is 16.8. The molecule has 118 valence electrons. The van der Waals surface area contributed by atoms with Gasteiger partial charge in [-0.25, -0.2) is 9.78 Å². The number of ketones is 1. The molecule has 0 unspecified atom stereocenters. The number of nitrogens with one attached hydrogen (secondary N) is 1. The fraction of sp³-hybridized carbons (Fsp3) is 0.125. The van der Waals surface area contributed by atoms with Crippen LogP contribution < -0.4 is 5.32 Å². The number of esters is 1. The van der Waals surface area contributed by atoms with Crippen LogP contribution in [0.25, 0.3) is 0 Å². The molecule has 1 amide bonds. The van der Waals surface area contributed by atoms with Crippen molar-refractivity contribution in [3.05, 3.63) is 58.9 Å². The lowest BCUT2D eigenvalue weighted by Gasteiger charge is -2.06. The van der Waals surface area contributed by atoms with Gasteiger partial charge in [0.05, 0.1) is 5.56 Å². The van der Waals surface area contributed by atoms with Crippen molar-refractivity contribution in [2.24, 2.45) is 0 Å². The van der Waals surface area contributed by atoms with Gasteiger partial charge < -0.3 is 10.1 Å². The van der Waals surface area contributed by atoms with Crippen molar-refractivity contribution < 1.29 is 19.1 Å². The summed E-state index contributed by atoms with van der Waals surface area (Å²) in [5, 5.41) is 2.61. The first-order valence-corrected chi connectivity index (χ1v) is 7.03. The van der Waals surface area contributed by atoms with E-state index in [4.69, 9.17) is 16.3 Å². The summed E-state index contributed by atoms with van der Waals surface area (Å²) in [4.78, 5) is 38.5. The summed E-state index contributed by atoms with van der Waals surface area (Å²) >= 11 is 5.78. The van der Waals surface area contributed by atoms with E-state index in [2.05, 4.69) is 10.3 Å². The van der Waals surface area contributed by atoms with Crippen molar-refractivity contribution in [1.29, 1.82) is 0 Å². The molecule has 0 atom stereocenters. The van der Waals surface area contributed by atoms with Crippen LogP contribution in [0.4, 0.5) is 5.69 Å². The topological polar surface area (TPSA) is 85.4 Å². The summed E-state index contributed by atoms with van der Waals surface area (Å²) in [5.41, 5.74) is 1.04. The van der Waals surface area contributed by atoms with Crippen molar-refractivity contribution in [2.75, 3.05) is 11.9 Å². The molecule has 0 spiro atoms. The maximum atomic E-state index is 12.0. The number of halogens is 1. The monoisotopic (exact) mass is 332 g/mol. The Bertz CT molecular complexity index is 744. The first kappa shape index (κ1) is 16.6. The predicted molar refractivity (Wildman–Crippen MR) is 84.6 cm³/mol. The van der Waals surface area contributed by atoms with Gasteiger partial charge in [0.15, 0.2) is 12.4 Å². The van der Waals surface area contributed by atoms with Crippen LogP contribution in [0, 0.1) is 0 Å². The molecule has 1 aromatic heterocycles. The molecule has 7 heteroatoms. The van der Waals surface area contributed by atoms with Crippen LogP contribution in [0.3, 0.4) is 0 Å². The first-order valence-electron chi connectivity index (χ1n) is 6.66. The number of nitrogens with zero attached hydrogens (tertiary/aromatic N) is 1. The van der Waals surface area contributed by atoms with Crippen molar-refractivity contribution in [1.82, 2.24) is 4.98 Å². The van der Waals surface area contributed by atoms with E-state index in [1.807, 2.05) is 0 Å². The van der Waals surface area contributed by atoms with E-state index in [1.165, 1.54) is 19.2 Å². The van der Waals surface area contributed by atoms with Crippen molar-refractivity contribution >= 4 is 34.9 Å². The highest BCUT2D eigenvalue weighted by Gasteiger charge is 2.15. The van der Waals surface area contributed by atoms with Gasteiger partial charge in [-0.3, -0.25) is 9.59 Å². The molecular weight excluding hydrogens is 320 g/mol. The summed E-state index contributed by atoms with van der Waals surface area (Å²) in [7, 11) is 0. The van der Waals surface area contributed by atoms with Gasteiger partial charge in [-0.1, -0.05) is 11.6 Å². The Morgan fingerprint density at radius 3 is 2.48 bits per heavy atom. The van der Waals surface area contributed by atoms with E-state index in [0.717, 1.165) is 0 Å². The van der Waals surface area contributed by atoms with Gasteiger partial charge in [0.25, 0.3) is 0 Å². The third kappa shape index (κ3) is 4.62. The quantitative estimate of drug-likeness (QED) is 0.517. The van der Waals surface area contributed by atoms with Gasteiger partial charge in [-0.2, -0.15) is 0 Å². The Balaban J connectivity index is 1.95. The van der Waals surface area contributed by atoms with Crippen LogP contribution in [0.15, 0.2) is 42.6 Å². The zero-order valence-electron chi connectivity index (χ0n) is 12.2. The number of aromatic nitrogens is 1. The standard InChI is InChI=1S/C16H13ClN2O4/c1-10(20)19-12-6-4-11(5-7-12)14(21)9-23-16(22)13-3-2-8-18-15(13)17/h2-8H,9H2,1H3,(H,19,20). The minimum atomic E-state index is -0.716. The van der Waals surface area contributed by atoms with Crippen LogP contribution in [-0.2, 0) is 9.53 Å². The molecule has 0 aliphatic heterocycles. The molecule has 1 heterocycles. The fourth-order valence-corrected chi connectivity index (χ4v) is 1.97. The molecule has 0 aliphatic rings. The number of anilines is 1. The maximum absolute atomic E-state index is 12.0. The van der Waals surface area contributed by atoms with E-state index >= 15 is 0 Å². The highest BCUT2D eigenvalue weighted by Crippen LogP contribution is 2.14. The maximum Gasteiger partial charge on any atom is 0.341 e. The lowest BCUT2D eigenvalue weighted by molar-refractivity contribution is -0.114. The van der Waals surface area contributed by atoms with E-state index in [0.29, 0.717) is 11.3 Å². The smallest absolute Gasteiger partial charge is 0.341 e. The number of rotatable bonds is 5. The number of pyridine rings is 1. The van der Waals surface area contributed by atoms with Gasteiger partial charge >= 0.3 is 5.97 Å². The Morgan fingerprint density at radius 2 is 1.87 bits per heavy atom. The second kappa shape index (κ2) is 7.51. The molecule has 0 aliphatic carbocycles. The highest BCUT2D eigenvalue weighted by atomic mass is 35.5. The molecule has 2 rings (SSSR count). The third-order valence-electron chi connectivity index (χ3n) is 2.84. The number of carbonyl (C=O) groups is 3. The van der Waals surface area contributed by atoms with Crippen LogP contribution in [0.2, 0.25) is 5.15 Å². The van der Waals surface area contributed by atoms with E-state index < -0.39 is 12.6 Å². The lowest BCUT2D eigenvalue weighted by atomic mass is 10.1. The summed E-state index contributed by atoms with van der Waals surface area (Å²) in [6.07, 6.45) is 1.45. The third-order valence-corrected chi connectivity index (χ3v) is 3.14. The normalized spacial score (nSPS) is 10.0. The van der Waals surface area contributed by atoms with Crippen molar-refractivity contribution in [3.8, 4) is 0 Å². The van der Waals surface area contributed by atoms with E-state index in [9.17, 15) is 14.4 Å². The van der Waals surface area contributed by atoms with Crippen molar-refractivity contribution in [2.45, 2.75) is 6.92 Å². The number of amides is 1. The van der Waals surface area contributed by atoms with Crippen LogP contribution in [0.5, 0.6) is 0 Å². The average Bonchev–Trinajstić information content (AvgIpc) is 2.53. The molecule has 2 aromatic rings. The molecule has 0 saturated carbocycles.